The zero-order valence-electron chi connectivity index (χ0n) is 13.9. The Morgan fingerprint density at radius 3 is 2.31 bits per heavy atom. The molecule has 0 N–H and O–H groups in total. The van der Waals surface area contributed by atoms with Gasteiger partial charge in [-0.05, 0) is 24.3 Å². The van der Waals surface area contributed by atoms with Gasteiger partial charge >= 0.3 is 0 Å². The van der Waals surface area contributed by atoms with Crippen LogP contribution in [-0.2, 0) is 0 Å². The highest BCUT2D eigenvalue weighted by Gasteiger charge is 2.17. The molecule has 3 heteroatoms. The van der Waals surface area contributed by atoms with Crippen LogP contribution in [0.3, 0.4) is 0 Å². The van der Waals surface area contributed by atoms with Crippen LogP contribution in [-0.4, -0.2) is 9.55 Å². The average Bonchev–Trinajstić information content (AvgIpc) is 3.24. The molecule has 122 valence electrons. The predicted octanol–water partition coefficient (Wildman–Crippen LogP) is 6.55. The van der Waals surface area contributed by atoms with Gasteiger partial charge in [0.15, 0.2) is 0 Å². The predicted molar refractivity (Wildman–Crippen MR) is 111 cm³/mol. The summed E-state index contributed by atoms with van der Waals surface area (Å²) in [5.74, 6) is 0.962. The van der Waals surface area contributed by atoms with Crippen molar-refractivity contribution < 1.29 is 0 Å². The van der Waals surface area contributed by atoms with Crippen LogP contribution in [0.1, 0.15) is 0 Å². The van der Waals surface area contributed by atoms with Crippen LogP contribution in [0.2, 0.25) is 0 Å². The molecule has 0 unspecified atom stereocenters. The number of aromatic nitrogens is 2. The van der Waals surface area contributed by atoms with E-state index >= 15 is 0 Å². The fourth-order valence-electron chi connectivity index (χ4n) is 3.95. The van der Waals surface area contributed by atoms with Gasteiger partial charge in [0, 0.05) is 32.4 Å². The van der Waals surface area contributed by atoms with Crippen molar-refractivity contribution >= 4 is 53.3 Å². The molecule has 3 aromatic heterocycles. The number of para-hydroxylation sites is 1. The van der Waals surface area contributed by atoms with Gasteiger partial charge in [-0.2, -0.15) is 0 Å². The maximum Gasteiger partial charge on any atom is 0.137 e. The van der Waals surface area contributed by atoms with Gasteiger partial charge in [0.1, 0.15) is 5.82 Å². The Morgan fingerprint density at radius 2 is 1.42 bits per heavy atom. The molecule has 0 atom stereocenters. The highest BCUT2D eigenvalue weighted by molar-refractivity contribution is 7.26. The number of nitrogens with zero attached hydrogens (tertiary/aromatic N) is 2. The number of thiophene rings is 1. The molecule has 0 amide bonds. The molecule has 0 fully saturated rings. The Morgan fingerprint density at radius 1 is 0.654 bits per heavy atom. The summed E-state index contributed by atoms with van der Waals surface area (Å²) in [5.41, 5.74) is 2.45. The van der Waals surface area contributed by atoms with Crippen LogP contribution in [0.5, 0.6) is 0 Å². The summed E-state index contributed by atoms with van der Waals surface area (Å²) in [6, 6.07) is 27.9. The molecule has 0 saturated carbocycles. The van der Waals surface area contributed by atoms with Gasteiger partial charge in [-0.1, -0.05) is 54.6 Å². The maximum atomic E-state index is 4.65. The van der Waals surface area contributed by atoms with Crippen LogP contribution in [0, 0.1) is 0 Å². The third kappa shape index (κ3) is 1.78. The van der Waals surface area contributed by atoms with Crippen LogP contribution in [0.4, 0.5) is 0 Å². The molecule has 0 aliphatic carbocycles. The van der Waals surface area contributed by atoms with Gasteiger partial charge in [-0.25, -0.2) is 4.98 Å². The quantitative estimate of drug-likeness (QED) is 0.329. The highest BCUT2D eigenvalue weighted by atomic mass is 32.1. The second kappa shape index (κ2) is 5.16. The zero-order chi connectivity index (χ0) is 17.1. The van der Waals surface area contributed by atoms with E-state index < -0.39 is 0 Å². The summed E-state index contributed by atoms with van der Waals surface area (Å²) in [6.07, 6.45) is 1.86. The summed E-state index contributed by atoms with van der Waals surface area (Å²) >= 11 is 1.87. The molecule has 0 aliphatic rings. The second-order valence-corrected chi connectivity index (χ2v) is 7.53. The summed E-state index contributed by atoms with van der Waals surface area (Å²) in [5, 5.41) is 5.20. The van der Waals surface area contributed by atoms with Crippen molar-refractivity contribution in [3.05, 3.63) is 85.1 Å². The van der Waals surface area contributed by atoms with Crippen molar-refractivity contribution in [2.45, 2.75) is 0 Å². The third-order valence-corrected chi connectivity index (χ3v) is 6.25. The van der Waals surface area contributed by atoms with E-state index in [-0.39, 0.29) is 0 Å². The maximum absolute atomic E-state index is 4.65. The van der Waals surface area contributed by atoms with Gasteiger partial charge in [0.2, 0.25) is 0 Å². The lowest BCUT2D eigenvalue weighted by Crippen LogP contribution is -1.96. The minimum atomic E-state index is 0.962. The minimum Gasteiger partial charge on any atom is -0.292 e. The largest absolute Gasteiger partial charge is 0.292 e. The van der Waals surface area contributed by atoms with E-state index in [1.807, 2.05) is 29.7 Å². The van der Waals surface area contributed by atoms with Crippen molar-refractivity contribution in [3.63, 3.8) is 0 Å². The van der Waals surface area contributed by atoms with Crippen LogP contribution in [0.25, 0.3) is 47.8 Å². The number of rotatable bonds is 1. The van der Waals surface area contributed by atoms with Gasteiger partial charge in [0.05, 0.1) is 15.7 Å². The van der Waals surface area contributed by atoms with Crippen molar-refractivity contribution in [1.29, 1.82) is 0 Å². The fourth-order valence-corrected chi connectivity index (χ4v) is 5.20. The molecule has 6 rings (SSSR count). The molecule has 0 bridgehead atoms. The summed E-state index contributed by atoms with van der Waals surface area (Å²) in [7, 11) is 0. The summed E-state index contributed by atoms with van der Waals surface area (Å²) < 4.78 is 4.96. The molecule has 0 aliphatic heterocycles. The highest BCUT2D eigenvalue weighted by Crippen LogP contribution is 2.42. The second-order valence-electron chi connectivity index (χ2n) is 6.48. The molecule has 2 nitrogen and oxygen atoms in total. The smallest absolute Gasteiger partial charge is 0.137 e. The normalized spacial score (nSPS) is 11.8. The van der Waals surface area contributed by atoms with E-state index in [2.05, 4.69) is 76.3 Å². The molecule has 0 saturated heterocycles. The first-order chi connectivity index (χ1) is 12.9. The first kappa shape index (κ1) is 14.0. The van der Waals surface area contributed by atoms with Gasteiger partial charge < -0.3 is 0 Å². The standard InChI is InChI=1S/C23H14N2S/c1-3-9-19-15(7-1)17-12-13-18-16-8-2-4-10-20(16)26-23(18)22(17)25(19)21-11-5-6-14-24-21/h1-14H. The number of hydrogen-bond donors (Lipinski definition) is 0. The van der Waals surface area contributed by atoms with Crippen molar-refractivity contribution in [2.24, 2.45) is 0 Å². The van der Waals surface area contributed by atoms with E-state index in [0.717, 1.165) is 5.82 Å². The molecular weight excluding hydrogens is 336 g/mol. The molecule has 0 radical (unpaired) electrons. The number of pyridine rings is 1. The van der Waals surface area contributed by atoms with E-state index in [4.69, 9.17) is 0 Å². The fraction of sp³-hybridized carbons (Fsp3) is 0. The van der Waals surface area contributed by atoms with Crippen molar-refractivity contribution in [1.82, 2.24) is 9.55 Å². The lowest BCUT2D eigenvalue weighted by molar-refractivity contribution is 1.08. The molecular formula is C23H14N2S. The Hall–Kier alpha value is -3.17. The van der Waals surface area contributed by atoms with Crippen molar-refractivity contribution in [2.75, 3.05) is 0 Å². The van der Waals surface area contributed by atoms with E-state index in [9.17, 15) is 0 Å². The van der Waals surface area contributed by atoms with Gasteiger partial charge in [0.25, 0.3) is 0 Å². The Kier molecular flexibility index (Phi) is 2.79. The van der Waals surface area contributed by atoms with Crippen LogP contribution in [0.15, 0.2) is 85.1 Å². The molecule has 3 heterocycles. The van der Waals surface area contributed by atoms with Gasteiger partial charge in [-0.15, -0.1) is 11.3 Å². The molecule has 0 spiro atoms. The third-order valence-electron chi connectivity index (χ3n) is 5.06. The van der Waals surface area contributed by atoms with Crippen molar-refractivity contribution in [3.8, 4) is 5.82 Å². The number of hydrogen-bond acceptors (Lipinski definition) is 2. The minimum absolute atomic E-state index is 0.962. The van der Waals surface area contributed by atoms with E-state index in [0.29, 0.717) is 0 Å². The Labute approximate surface area is 153 Å². The SMILES string of the molecule is c1ccc(-n2c3ccccc3c3ccc4c5ccccc5sc4c32)nc1. The molecule has 3 aromatic carbocycles. The molecule has 6 aromatic rings. The number of benzene rings is 3. The summed E-state index contributed by atoms with van der Waals surface area (Å²) in [4.78, 5) is 4.65. The van der Waals surface area contributed by atoms with E-state index in [1.54, 1.807) is 0 Å². The lowest BCUT2D eigenvalue weighted by atomic mass is 10.1. The Balaban J connectivity index is 1.92. The lowest BCUT2D eigenvalue weighted by Gasteiger charge is -2.06. The zero-order valence-corrected chi connectivity index (χ0v) is 14.7. The first-order valence-electron chi connectivity index (χ1n) is 8.66. The van der Waals surface area contributed by atoms with E-state index in [1.165, 1.54) is 42.0 Å². The topological polar surface area (TPSA) is 17.8 Å². The van der Waals surface area contributed by atoms with Crippen LogP contribution < -0.4 is 0 Å². The monoisotopic (exact) mass is 350 g/mol. The Bertz CT molecular complexity index is 1420. The molecule has 26 heavy (non-hydrogen) atoms. The average molecular weight is 350 g/mol. The summed E-state index contributed by atoms with van der Waals surface area (Å²) in [6.45, 7) is 0. The van der Waals surface area contributed by atoms with Crippen LogP contribution >= 0.6 is 11.3 Å². The van der Waals surface area contributed by atoms with Gasteiger partial charge in [-0.3, -0.25) is 4.57 Å². The number of fused-ring (bicyclic) bond motifs is 7. The first-order valence-corrected chi connectivity index (χ1v) is 9.48.